The van der Waals surface area contributed by atoms with Crippen LogP contribution >= 0.6 is 0 Å². The normalized spacial score (nSPS) is 28.4. The summed E-state index contributed by atoms with van der Waals surface area (Å²) >= 11 is 0. The van der Waals surface area contributed by atoms with Crippen molar-refractivity contribution >= 4 is 17.5 Å². The minimum absolute atomic E-state index is 0.0742. The first-order chi connectivity index (χ1) is 14.9. The predicted octanol–water partition coefficient (Wildman–Crippen LogP) is 0.900. The Hall–Kier alpha value is -2.97. The van der Waals surface area contributed by atoms with Gasteiger partial charge in [-0.25, -0.2) is 0 Å². The molecule has 1 aromatic heterocycles. The van der Waals surface area contributed by atoms with Crippen LogP contribution < -0.4 is 4.90 Å². The van der Waals surface area contributed by atoms with Crippen molar-refractivity contribution in [2.45, 2.75) is 24.7 Å². The van der Waals surface area contributed by atoms with Gasteiger partial charge in [0.15, 0.2) is 0 Å². The smallest absolute Gasteiger partial charge is 0.234 e. The zero-order valence-electron chi connectivity index (χ0n) is 17.6. The van der Waals surface area contributed by atoms with E-state index in [1.54, 1.807) is 27.7 Å². The SMILES string of the molecule is CN(Cc1cnn(C)c1)C(=O)[C@H]1[C@@H]2C=C[C@@]3(CN(c4ccc(CCO)cc4)C(=O)[C@H]13)O2. The highest BCUT2D eigenvalue weighted by Gasteiger charge is 2.67. The number of carbonyl (C=O) groups excluding carboxylic acids is 2. The summed E-state index contributed by atoms with van der Waals surface area (Å²) in [5.74, 6) is -1.21. The van der Waals surface area contributed by atoms with Crippen LogP contribution in [-0.2, 0) is 34.3 Å². The fraction of sp³-hybridized carbons (Fsp3) is 0.435. The number of hydrogen-bond acceptors (Lipinski definition) is 5. The maximum Gasteiger partial charge on any atom is 0.234 e. The highest BCUT2D eigenvalue weighted by atomic mass is 16.5. The van der Waals surface area contributed by atoms with Crippen molar-refractivity contribution in [2.75, 3.05) is 25.1 Å². The van der Waals surface area contributed by atoms with E-state index in [1.807, 2.05) is 49.7 Å². The third-order valence-corrected chi connectivity index (χ3v) is 6.59. The first kappa shape index (κ1) is 20.0. The highest BCUT2D eigenvalue weighted by molar-refractivity contribution is 6.03. The summed E-state index contributed by atoms with van der Waals surface area (Å²) in [6.45, 7) is 0.923. The molecule has 8 heteroatoms. The Morgan fingerprint density at radius 3 is 2.77 bits per heavy atom. The Kier molecular flexibility index (Phi) is 4.71. The van der Waals surface area contributed by atoms with Crippen LogP contribution in [0.15, 0.2) is 48.8 Å². The van der Waals surface area contributed by atoms with E-state index in [-0.39, 0.29) is 24.5 Å². The molecule has 2 bridgehead atoms. The van der Waals surface area contributed by atoms with Crippen LogP contribution in [0.3, 0.4) is 0 Å². The number of aliphatic hydroxyl groups is 1. The van der Waals surface area contributed by atoms with E-state index in [1.165, 1.54) is 0 Å². The molecular weight excluding hydrogens is 396 g/mol. The molecule has 5 rings (SSSR count). The Balaban J connectivity index is 1.37. The number of nitrogens with zero attached hydrogens (tertiary/aromatic N) is 4. The number of rotatable bonds is 6. The molecule has 1 N–H and O–H groups in total. The molecule has 0 saturated carbocycles. The average molecular weight is 422 g/mol. The summed E-state index contributed by atoms with van der Waals surface area (Å²) in [6, 6.07) is 7.62. The number of fused-ring (bicyclic) bond motifs is 1. The fourth-order valence-corrected chi connectivity index (χ4v) is 5.13. The Labute approximate surface area is 180 Å². The molecule has 0 aliphatic carbocycles. The summed E-state index contributed by atoms with van der Waals surface area (Å²) in [4.78, 5) is 30.2. The second kappa shape index (κ2) is 7.32. The van der Waals surface area contributed by atoms with Crippen LogP contribution in [0.25, 0.3) is 0 Å². The minimum Gasteiger partial charge on any atom is -0.396 e. The topological polar surface area (TPSA) is 87.9 Å². The largest absolute Gasteiger partial charge is 0.396 e. The molecular formula is C23H26N4O4. The first-order valence-electron chi connectivity index (χ1n) is 10.5. The van der Waals surface area contributed by atoms with Crippen molar-refractivity contribution in [3.05, 3.63) is 59.9 Å². The predicted molar refractivity (Wildman–Crippen MR) is 113 cm³/mol. The number of benzene rings is 1. The van der Waals surface area contributed by atoms with Gasteiger partial charge in [0.2, 0.25) is 11.8 Å². The van der Waals surface area contributed by atoms with Gasteiger partial charge in [0.05, 0.1) is 30.7 Å². The summed E-state index contributed by atoms with van der Waals surface area (Å²) < 4.78 is 7.94. The van der Waals surface area contributed by atoms with Gasteiger partial charge in [-0.2, -0.15) is 5.10 Å². The van der Waals surface area contributed by atoms with E-state index in [0.717, 1.165) is 16.8 Å². The molecule has 1 spiro atoms. The number of hydrogen-bond donors (Lipinski definition) is 1. The monoisotopic (exact) mass is 422 g/mol. The van der Waals surface area contributed by atoms with Crippen LogP contribution in [0.4, 0.5) is 5.69 Å². The maximum atomic E-state index is 13.5. The standard InChI is InChI=1S/C23H26N4O4/c1-25(12-16-11-24-26(2)13-16)21(29)19-18-7-9-23(31-18)14-27(22(30)20(19)23)17-5-3-15(4-6-17)8-10-28/h3-7,9,11,13,18-20,28H,8,10,12,14H2,1-2H3/t18-,19-,20-,23-/m0/s1. The van der Waals surface area contributed by atoms with Gasteiger partial charge < -0.3 is 19.6 Å². The summed E-state index contributed by atoms with van der Waals surface area (Å²) in [7, 11) is 3.60. The molecule has 4 heterocycles. The molecule has 2 aromatic rings. The number of amides is 2. The number of carbonyl (C=O) groups is 2. The van der Waals surface area contributed by atoms with Crippen LogP contribution in [0.1, 0.15) is 11.1 Å². The molecule has 2 amide bonds. The summed E-state index contributed by atoms with van der Waals surface area (Å²) in [5, 5.41) is 13.3. The molecule has 8 nitrogen and oxygen atoms in total. The highest BCUT2D eigenvalue weighted by Crippen LogP contribution is 2.53. The molecule has 31 heavy (non-hydrogen) atoms. The Bertz CT molecular complexity index is 1050. The van der Waals surface area contributed by atoms with E-state index in [4.69, 9.17) is 9.84 Å². The molecule has 0 unspecified atom stereocenters. The van der Waals surface area contributed by atoms with Crippen LogP contribution in [0.5, 0.6) is 0 Å². The number of anilines is 1. The lowest BCUT2D eigenvalue weighted by atomic mass is 9.76. The molecule has 0 radical (unpaired) electrons. The van der Waals surface area contributed by atoms with Gasteiger partial charge in [-0.15, -0.1) is 0 Å². The molecule has 2 fully saturated rings. The van der Waals surface area contributed by atoms with Gasteiger partial charge in [0.25, 0.3) is 0 Å². The minimum atomic E-state index is -0.749. The molecule has 3 aliphatic rings. The molecule has 162 valence electrons. The number of ether oxygens (including phenoxy) is 1. The lowest BCUT2D eigenvalue weighted by Crippen LogP contribution is -2.44. The third-order valence-electron chi connectivity index (χ3n) is 6.59. The second-order valence-corrected chi connectivity index (χ2v) is 8.68. The van der Waals surface area contributed by atoms with Gasteiger partial charge in [0, 0.05) is 44.7 Å². The van der Waals surface area contributed by atoms with E-state index in [2.05, 4.69) is 5.10 Å². The van der Waals surface area contributed by atoms with Crippen molar-refractivity contribution < 1.29 is 19.4 Å². The molecule has 3 aliphatic heterocycles. The van der Waals surface area contributed by atoms with Gasteiger partial charge in [-0.3, -0.25) is 14.3 Å². The Morgan fingerprint density at radius 1 is 1.32 bits per heavy atom. The van der Waals surface area contributed by atoms with Gasteiger partial charge in [-0.05, 0) is 24.1 Å². The van der Waals surface area contributed by atoms with E-state index in [9.17, 15) is 9.59 Å². The second-order valence-electron chi connectivity index (χ2n) is 8.68. The molecule has 1 aromatic carbocycles. The zero-order chi connectivity index (χ0) is 21.8. The Morgan fingerprint density at radius 2 is 2.10 bits per heavy atom. The van der Waals surface area contributed by atoms with E-state index < -0.39 is 17.4 Å². The molecule has 2 saturated heterocycles. The fourth-order valence-electron chi connectivity index (χ4n) is 5.13. The van der Waals surface area contributed by atoms with Crippen molar-refractivity contribution in [1.29, 1.82) is 0 Å². The maximum absolute atomic E-state index is 13.5. The van der Waals surface area contributed by atoms with Crippen LogP contribution in [0.2, 0.25) is 0 Å². The summed E-state index contributed by atoms with van der Waals surface area (Å²) in [5.41, 5.74) is 1.99. The van der Waals surface area contributed by atoms with Crippen molar-refractivity contribution in [2.24, 2.45) is 18.9 Å². The lowest BCUT2D eigenvalue weighted by molar-refractivity contribution is -0.139. The van der Waals surface area contributed by atoms with Gasteiger partial charge in [0.1, 0.15) is 5.60 Å². The summed E-state index contributed by atoms with van der Waals surface area (Å²) in [6.07, 6.45) is 7.72. The third kappa shape index (κ3) is 3.18. The van der Waals surface area contributed by atoms with E-state index in [0.29, 0.717) is 19.5 Å². The number of aliphatic hydroxyl groups excluding tert-OH is 1. The van der Waals surface area contributed by atoms with Crippen molar-refractivity contribution in [3.8, 4) is 0 Å². The lowest BCUT2D eigenvalue weighted by Gasteiger charge is -2.27. The van der Waals surface area contributed by atoms with Crippen LogP contribution in [-0.4, -0.2) is 63.5 Å². The van der Waals surface area contributed by atoms with Gasteiger partial charge >= 0.3 is 0 Å². The van der Waals surface area contributed by atoms with Crippen LogP contribution in [0, 0.1) is 11.8 Å². The van der Waals surface area contributed by atoms with Crippen molar-refractivity contribution in [3.63, 3.8) is 0 Å². The average Bonchev–Trinajstić information content (AvgIpc) is 3.50. The quantitative estimate of drug-likeness (QED) is 0.699. The number of aromatic nitrogens is 2. The van der Waals surface area contributed by atoms with Gasteiger partial charge in [-0.1, -0.05) is 24.3 Å². The zero-order valence-corrected chi connectivity index (χ0v) is 17.6. The number of aryl methyl sites for hydroxylation is 1. The van der Waals surface area contributed by atoms with Crippen molar-refractivity contribution in [1.82, 2.24) is 14.7 Å². The van der Waals surface area contributed by atoms with E-state index >= 15 is 0 Å². The first-order valence-corrected chi connectivity index (χ1v) is 10.5. The molecule has 4 atom stereocenters.